The Bertz CT molecular complexity index is 241. The van der Waals surface area contributed by atoms with Gasteiger partial charge < -0.3 is 20.1 Å². The van der Waals surface area contributed by atoms with E-state index in [2.05, 4.69) is 5.32 Å². The van der Waals surface area contributed by atoms with Crippen molar-refractivity contribution in [2.75, 3.05) is 26.2 Å². The van der Waals surface area contributed by atoms with Crippen LogP contribution in [0.25, 0.3) is 0 Å². The average Bonchev–Trinajstić information content (AvgIpc) is 2.31. The van der Waals surface area contributed by atoms with Crippen LogP contribution in [0.1, 0.15) is 25.7 Å². The normalized spacial score (nSPS) is 27.9. The van der Waals surface area contributed by atoms with Gasteiger partial charge in [-0.3, -0.25) is 0 Å². The van der Waals surface area contributed by atoms with Crippen LogP contribution in [0.3, 0.4) is 0 Å². The number of carbonyl (C=O) groups excluding carboxylic acids is 1. The first-order valence-corrected chi connectivity index (χ1v) is 6.10. The molecular formula is C11H20N2O3. The highest BCUT2D eigenvalue weighted by molar-refractivity contribution is 5.69. The first-order chi connectivity index (χ1) is 7.81. The predicted molar refractivity (Wildman–Crippen MR) is 59.2 cm³/mol. The van der Waals surface area contributed by atoms with Gasteiger partial charge in [0, 0.05) is 32.0 Å². The lowest BCUT2D eigenvalue weighted by Gasteiger charge is -2.38. The van der Waals surface area contributed by atoms with E-state index in [1.165, 1.54) is 0 Å². The smallest absolute Gasteiger partial charge is 0.410 e. The summed E-state index contributed by atoms with van der Waals surface area (Å²) in [7, 11) is 0. The van der Waals surface area contributed by atoms with Crippen LogP contribution in [-0.2, 0) is 4.74 Å². The van der Waals surface area contributed by atoms with Crippen molar-refractivity contribution < 1.29 is 14.6 Å². The van der Waals surface area contributed by atoms with Crippen molar-refractivity contribution >= 4 is 6.09 Å². The van der Waals surface area contributed by atoms with Gasteiger partial charge in [-0.2, -0.15) is 0 Å². The molecule has 2 aliphatic heterocycles. The number of hydrogen-bond acceptors (Lipinski definition) is 4. The van der Waals surface area contributed by atoms with Crippen LogP contribution in [0.5, 0.6) is 0 Å². The molecule has 0 aromatic rings. The van der Waals surface area contributed by atoms with Gasteiger partial charge in [0.25, 0.3) is 0 Å². The Kier molecular flexibility index (Phi) is 4.01. The van der Waals surface area contributed by atoms with Crippen LogP contribution < -0.4 is 5.32 Å². The third kappa shape index (κ3) is 2.65. The minimum Gasteiger partial charge on any atom is -0.446 e. The fourth-order valence-electron chi connectivity index (χ4n) is 2.44. The maximum absolute atomic E-state index is 11.8. The van der Waals surface area contributed by atoms with E-state index in [0.29, 0.717) is 12.5 Å². The van der Waals surface area contributed by atoms with Gasteiger partial charge in [-0.1, -0.05) is 0 Å². The number of rotatable bonds is 3. The summed E-state index contributed by atoms with van der Waals surface area (Å²) in [4.78, 5) is 13.6. The molecule has 1 amide bonds. The molecular weight excluding hydrogens is 208 g/mol. The summed E-state index contributed by atoms with van der Waals surface area (Å²) in [6.45, 7) is 2.82. The van der Waals surface area contributed by atoms with E-state index in [1.54, 1.807) is 0 Å². The van der Waals surface area contributed by atoms with Crippen LogP contribution >= 0.6 is 0 Å². The number of cyclic esters (lactones) is 1. The van der Waals surface area contributed by atoms with Crippen molar-refractivity contribution in [1.82, 2.24) is 10.2 Å². The average molecular weight is 228 g/mol. The van der Waals surface area contributed by atoms with Crippen molar-refractivity contribution in [3.8, 4) is 0 Å². The Labute approximate surface area is 95.8 Å². The van der Waals surface area contributed by atoms with Gasteiger partial charge in [-0.15, -0.1) is 0 Å². The summed E-state index contributed by atoms with van der Waals surface area (Å²) in [6, 6.07) is 0.337. The van der Waals surface area contributed by atoms with E-state index in [0.717, 1.165) is 38.9 Å². The largest absolute Gasteiger partial charge is 0.446 e. The van der Waals surface area contributed by atoms with Crippen LogP contribution in [-0.4, -0.2) is 54.5 Å². The van der Waals surface area contributed by atoms with Crippen LogP contribution in [0.4, 0.5) is 4.79 Å². The summed E-state index contributed by atoms with van der Waals surface area (Å²) in [5, 5.41) is 12.1. The number of hydrogen-bond donors (Lipinski definition) is 2. The Morgan fingerprint density at radius 3 is 2.75 bits per heavy atom. The van der Waals surface area contributed by atoms with E-state index >= 15 is 0 Å². The Hall–Kier alpha value is -0.810. The Morgan fingerprint density at radius 2 is 2.12 bits per heavy atom. The van der Waals surface area contributed by atoms with Gasteiger partial charge in [0.15, 0.2) is 0 Å². The monoisotopic (exact) mass is 228 g/mol. The zero-order valence-corrected chi connectivity index (χ0v) is 9.52. The number of carbonyl (C=O) groups is 1. The summed E-state index contributed by atoms with van der Waals surface area (Å²) in [5.74, 6) is 0. The van der Waals surface area contributed by atoms with E-state index in [9.17, 15) is 4.79 Å². The second-order valence-electron chi connectivity index (χ2n) is 4.48. The highest BCUT2D eigenvalue weighted by Gasteiger charge is 2.32. The van der Waals surface area contributed by atoms with Gasteiger partial charge in [-0.05, 0) is 25.9 Å². The van der Waals surface area contributed by atoms with Gasteiger partial charge in [0.05, 0.1) is 0 Å². The lowest BCUT2D eigenvalue weighted by Crippen LogP contribution is -2.51. The number of piperidine rings is 1. The number of aliphatic hydroxyl groups excluding tert-OH is 1. The summed E-state index contributed by atoms with van der Waals surface area (Å²) < 4.78 is 5.30. The highest BCUT2D eigenvalue weighted by Crippen LogP contribution is 2.20. The SMILES string of the molecule is O=C1OC(CCO)CCN1C1CCNCC1. The molecule has 92 valence electrons. The minimum absolute atomic E-state index is 0.0875. The third-order valence-electron chi connectivity index (χ3n) is 3.39. The van der Waals surface area contributed by atoms with Crippen molar-refractivity contribution in [3.05, 3.63) is 0 Å². The third-order valence-corrected chi connectivity index (χ3v) is 3.39. The topological polar surface area (TPSA) is 61.8 Å². The Morgan fingerprint density at radius 1 is 1.38 bits per heavy atom. The molecule has 0 aromatic heterocycles. The molecule has 1 unspecified atom stereocenters. The number of ether oxygens (including phenoxy) is 1. The Balaban J connectivity index is 1.85. The molecule has 1 atom stereocenters. The molecule has 2 aliphatic rings. The van der Waals surface area contributed by atoms with Gasteiger partial charge in [0.1, 0.15) is 6.10 Å². The van der Waals surface area contributed by atoms with Crippen molar-refractivity contribution in [2.24, 2.45) is 0 Å². The molecule has 2 heterocycles. The fourth-order valence-corrected chi connectivity index (χ4v) is 2.44. The van der Waals surface area contributed by atoms with Crippen LogP contribution in [0, 0.1) is 0 Å². The molecule has 0 radical (unpaired) electrons. The molecule has 2 N–H and O–H groups in total. The van der Waals surface area contributed by atoms with E-state index in [4.69, 9.17) is 9.84 Å². The molecule has 5 nitrogen and oxygen atoms in total. The number of nitrogens with zero attached hydrogens (tertiary/aromatic N) is 1. The van der Waals surface area contributed by atoms with Gasteiger partial charge in [-0.25, -0.2) is 4.79 Å². The van der Waals surface area contributed by atoms with Crippen molar-refractivity contribution in [3.63, 3.8) is 0 Å². The molecule has 0 aliphatic carbocycles. The molecule has 2 fully saturated rings. The first kappa shape index (κ1) is 11.7. The van der Waals surface area contributed by atoms with Crippen molar-refractivity contribution in [2.45, 2.75) is 37.8 Å². The standard InChI is InChI=1S/C11H20N2O3/c14-8-4-10-3-7-13(11(15)16-10)9-1-5-12-6-2-9/h9-10,12,14H,1-8H2. The lowest BCUT2D eigenvalue weighted by molar-refractivity contribution is -0.00163. The number of aliphatic hydroxyl groups is 1. The summed E-state index contributed by atoms with van der Waals surface area (Å²) in [6.07, 6.45) is 3.15. The second-order valence-corrected chi connectivity index (χ2v) is 4.48. The molecule has 0 saturated carbocycles. The van der Waals surface area contributed by atoms with E-state index in [-0.39, 0.29) is 18.8 Å². The van der Waals surface area contributed by atoms with E-state index in [1.807, 2.05) is 4.90 Å². The summed E-state index contributed by atoms with van der Waals surface area (Å²) in [5.41, 5.74) is 0. The molecule has 0 spiro atoms. The maximum Gasteiger partial charge on any atom is 0.410 e. The zero-order valence-electron chi connectivity index (χ0n) is 9.52. The van der Waals surface area contributed by atoms with E-state index < -0.39 is 0 Å². The second kappa shape index (κ2) is 5.50. The number of nitrogens with one attached hydrogen (secondary N) is 1. The zero-order chi connectivity index (χ0) is 11.4. The first-order valence-electron chi connectivity index (χ1n) is 6.10. The molecule has 0 aromatic carbocycles. The summed E-state index contributed by atoms with van der Waals surface area (Å²) >= 11 is 0. The molecule has 2 rings (SSSR count). The highest BCUT2D eigenvalue weighted by atomic mass is 16.6. The quantitative estimate of drug-likeness (QED) is 0.731. The van der Waals surface area contributed by atoms with Gasteiger partial charge >= 0.3 is 6.09 Å². The molecule has 2 saturated heterocycles. The fraction of sp³-hybridized carbons (Fsp3) is 0.909. The number of amides is 1. The maximum atomic E-state index is 11.8. The minimum atomic E-state index is -0.198. The predicted octanol–water partition coefficient (Wildman–Crippen LogP) is 0.332. The van der Waals surface area contributed by atoms with Crippen LogP contribution in [0.15, 0.2) is 0 Å². The van der Waals surface area contributed by atoms with Gasteiger partial charge in [0.2, 0.25) is 0 Å². The van der Waals surface area contributed by atoms with Crippen LogP contribution in [0.2, 0.25) is 0 Å². The molecule has 5 heteroatoms. The van der Waals surface area contributed by atoms with Crippen molar-refractivity contribution in [1.29, 1.82) is 0 Å². The lowest BCUT2D eigenvalue weighted by atomic mass is 10.0. The molecule has 0 bridgehead atoms. The molecule has 16 heavy (non-hydrogen) atoms.